The maximum Gasteiger partial charge on any atom is 0.215 e. The molecule has 0 atom stereocenters. The third-order valence-corrected chi connectivity index (χ3v) is 3.27. The standard InChI is InChI=1S/C13H16N2O/c1-16-13-12(15-8-4-5-9-15)10-6-2-3-7-11(10)14-13/h2-3,6-7,14H,4-5,8-9H2,1H3. The van der Waals surface area contributed by atoms with Gasteiger partial charge in [0.15, 0.2) is 0 Å². The first-order valence-electron chi connectivity index (χ1n) is 5.80. The van der Waals surface area contributed by atoms with Gasteiger partial charge in [0, 0.05) is 18.5 Å². The van der Waals surface area contributed by atoms with E-state index < -0.39 is 0 Å². The van der Waals surface area contributed by atoms with Crippen LogP contribution in [-0.4, -0.2) is 25.2 Å². The maximum absolute atomic E-state index is 5.45. The summed E-state index contributed by atoms with van der Waals surface area (Å²) >= 11 is 0. The van der Waals surface area contributed by atoms with Crippen LogP contribution in [-0.2, 0) is 0 Å². The zero-order valence-electron chi connectivity index (χ0n) is 9.49. The molecule has 3 rings (SSSR count). The van der Waals surface area contributed by atoms with Gasteiger partial charge in [-0.15, -0.1) is 0 Å². The van der Waals surface area contributed by atoms with Gasteiger partial charge in [-0.2, -0.15) is 0 Å². The van der Waals surface area contributed by atoms with Crippen LogP contribution in [0.5, 0.6) is 5.88 Å². The number of aromatic amines is 1. The van der Waals surface area contributed by atoms with E-state index in [2.05, 4.69) is 28.1 Å². The van der Waals surface area contributed by atoms with Gasteiger partial charge in [-0.25, -0.2) is 0 Å². The fourth-order valence-electron chi connectivity index (χ4n) is 2.50. The van der Waals surface area contributed by atoms with Gasteiger partial charge in [0.25, 0.3) is 0 Å². The number of methoxy groups -OCH3 is 1. The molecule has 16 heavy (non-hydrogen) atoms. The monoisotopic (exact) mass is 216 g/mol. The van der Waals surface area contributed by atoms with Gasteiger partial charge in [-0.3, -0.25) is 0 Å². The number of nitrogens with one attached hydrogen (secondary N) is 1. The number of anilines is 1. The van der Waals surface area contributed by atoms with Crippen molar-refractivity contribution in [3.8, 4) is 5.88 Å². The number of hydrogen-bond acceptors (Lipinski definition) is 2. The van der Waals surface area contributed by atoms with Crippen molar-refractivity contribution >= 4 is 16.6 Å². The lowest BCUT2D eigenvalue weighted by Gasteiger charge is -2.17. The highest BCUT2D eigenvalue weighted by molar-refractivity contribution is 5.96. The van der Waals surface area contributed by atoms with E-state index in [1.54, 1.807) is 7.11 Å². The number of hydrogen-bond donors (Lipinski definition) is 1. The minimum Gasteiger partial charge on any atom is -0.481 e. The fourth-order valence-corrected chi connectivity index (χ4v) is 2.50. The predicted octanol–water partition coefficient (Wildman–Crippen LogP) is 2.78. The number of H-pyrrole nitrogens is 1. The molecule has 2 aromatic rings. The lowest BCUT2D eigenvalue weighted by Crippen LogP contribution is -2.17. The maximum atomic E-state index is 5.45. The average Bonchev–Trinajstić information content (AvgIpc) is 2.94. The van der Waals surface area contributed by atoms with Gasteiger partial charge in [-0.1, -0.05) is 18.2 Å². The van der Waals surface area contributed by atoms with Crippen LogP contribution in [0.25, 0.3) is 10.9 Å². The molecule has 3 heteroatoms. The molecule has 1 aliphatic heterocycles. The van der Waals surface area contributed by atoms with Crippen LogP contribution in [0, 0.1) is 0 Å². The van der Waals surface area contributed by atoms with Crippen LogP contribution in [0.2, 0.25) is 0 Å². The number of aromatic nitrogens is 1. The Labute approximate surface area is 95.0 Å². The van der Waals surface area contributed by atoms with Crippen LogP contribution >= 0.6 is 0 Å². The van der Waals surface area contributed by atoms with E-state index in [4.69, 9.17) is 4.74 Å². The molecule has 0 unspecified atom stereocenters. The van der Waals surface area contributed by atoms with Crippen molar-refractivity contribution < 1.29 is 4.74 Å². The first-order chi connectivity index (χ1) is 7.90. The van der Waals surface area contributed by atoms with Crippen molar-refractivity contribution in [1.29, 1.82) is 0 Å². The molecule has 0 bridgehead atoms. The van der Waals surface area contributed by atoms with Crippen molar-refractivity contribution in [1.82, 2.24) is 4.98 Å². The van der Waals surface area contributed by atoms with E-state index >= 15 is 0 Å². The first kappa shape index (κ1) is 9.58. The second-order valence-electron chi connectivity index (χ2n) is 4.25. The van der Waals surface area contributed by atoms with Crippen LogP contribution in [0.1, 0.15) is 12.8 Å². The third kappa shape index (κ3) is 1.35. The summed E-state index contributed by atoms with van der Waals surface area (Å²) in [7, 11) is 1.73. The first-order valence-corrected chi connectivity index (χ1v) is 5.80. The van der Waals surface area contributed by atoms with Crippen LogP contribution in [0.4, 0.5) is 5.69 Å². The van der Waals surface area contributed by atoms with Gasteiger partial charge in [0.2, 0.25) is 5.88 Å². The third-order valence-electron chi connectivity index (χ3n) is 3.27. The molecule has 0 amide bonds. The van der Waals surface area contributed by atoms with Crippen molar-refractivity contribution in [2.24, 2.45) is 0 Å². The van der Waals surface area contributed by atoms with Crippen LogP contribution in [0.15, 0.2) is 24.3 Å². The highest BCUT2D eigenvalue weighted by Crippen LogP contribution is 2.37. The Balaban J connectivity index is 2.18. The number of nitrogens with zero attached hydrogens (tertiary/aromatic N) is 1. The summed E-state index contributed by atoms with van der Waals surface area (Å²) in [5.74, 6) is 0.892. The molecular formula is C13H16N2O. The second-order valence-corrected chi connectivity index (χ2v) is 4.25. The predicted molar refractivity (Wildman–Crippen MR) is 66.3 cm³/mol. The Hall–Kier alpha value is -1.64. The molecule has 1 aliphatic rings. The molecule has 1 fully saturated rings. The number of ether oxygens (including phenoxy) is 1. The van der Waals surface area contributed by atoms with E-state index in [0.29, 0.717) is 0 Å². The van der Waals surface area contributed by atoms with Crippen LogP contribution in [0.3, 0.4) is 0 Å². The minimum absolute atomic E-state index is 0.892. The molecule has 0 radical (unpaired) electrons. The fraction of sp³-hybridized carbons (Fsp3) is 0.385. The van der Waals surface area contributed by atoms with Gasteiger partial charge in [0.05, 0.1) is 12.6 Å². The average molecular weight is 216 g/mol. The van der Waals surface area contributed by atoms with E-state index in [9.17, 15) is 0 Å². The lowest BCUT2D eigenvalue weighted by molar-refractivity contribution is 0.401. The zero-order valence-corrected chi connectivity index (χ0v) is 9.49. The summed E-state index contributed by atoms with van der Waals surface area (Å²) in [6.45, 7) is 2.27. The highest BCUT2D eigenvalue weighted by Gasteiger charge is 2.20. The van der Waals surface area contributed by atoms with Crippen molar-refractivity contribution in [2.75, 3.05) is 25.1 Å². The zero-order chi connectivity index (χ0) is 11.0. The number of benzene rings is 1. The Morgan fingerprint density at radius 1 is 1.19 bits per heavy atom. The lowest BCUT2D eigenvalue weighted by atomic mass is 10.2. The molecule has 2 heterocycles. The summed E-state index contributed by atoms with van der Waals surface area (Å²) < 4.78 is 5.45. The molecule has 0 aliphatic carbocycles. The molecule has 84 valence electrons. The quantitative estimate of drug-likeness (QED) is 0.836. The Bertz CT molecular complexity index is 498. The Morgan fingerprint density at radius 2 is 1.94 bits per heavy atom. The summed E-state index contributed by atoms with van der Waals surface area (Å²) in [6, 6.07) is 8.38. The smallest absolute Gasteiger partial charge is 0.215 e. The van der Waals surface area contributed by atoms with Crippen molar-refractivity contribution in [3.05, 3.63) is 24.3 Å². The Kier molecular flexibility index (Phi) is 2.24. The normalized spacial score (nSPS) is 15.9. The van der Waals surface area contributed by atoms with Crippen LogP contribution < -0.4 is 9.64 Å². The summed E-state index contributed by atoms with van der Waals surface area (Å²) in [5, 5.41) is 1.27. The van der Waals surface area contributed by atoms with Gasteiger partial charge in [0.1, 0.15) is 5.69 Å². The summed E-state index contributed by atoms with van der Waals surface area (Å²) in [5.41, 5.74) is 2.39. The Morgan fingerprint density at radius 3 is 2.69 bits per heavy atom. The van der Waals surface area contributed by atoms with Gasteiger partial charge in [-0.05, 0) is 18.9 Å². The molecule has 1 saturated heterocycles. The van der Waals surface area contributed by atoms with E-state index in [1.165, 1.54) is 23.9 Å². The molecule has 1 aromatic carbocycles. The largest absolute Gasteiger partial charge is 0.481 e. The number of para-hydroxylation sites is 1. The van der Waals surface area contributed by atoms with E-state index in [-0.39, 0.29) is 0 Å². The highest BCUT2D eigenvalue weighted by atomic mass is 16.5. The topological polar surface area (TPSA) is 28.3 Å². The minimum atomic E-state index is 0.892. The van der Waals surface area contributed by atoms with Gasteiger partial charge < -0.3 is 14.6 Å². The molecule has 1 aromatic heterocycles. The molecular weight excluding hydrogens is 200 g/mol. The van der Waals surface area contributed by atoms with Crippen molar-refractivity contribution in [2.45, 2.75) is 12.8 Å². The summed E-state index contributed by atoms with van der Waals surface area (Å²) in [6.07, 6.45) is 2.56. The van der Waals surface area contributed by atoms with E-state index in [1.807, 2.05) is 6.07 Å². The second kappa shape index (κ2) is 3.74. The van der Waals surface area contributed by atoms with E-state index in [0.717, 1.165) is 24.5 Å². The number of fused-ring (bicyclic) bond motifs is 1. The molecule has 0 spiro atoms. The SMILES string of the molecule is COc1[nH]c2ccccc2c1N1CCCC1. The molecule has 0 saturated carbocycles. The number of rotatable bonds is 2. The molecule has 1 N–H and O–H groups in total. The van der Waals surface area contributed by atoms with Gasteiger partial charge >= 0.3 is 0 Å². The summed E-state index contributed by atoms with van der Waals surface area (Å²) in [4.78, 5) is 5.74. The molecule has 3 nitrogen and oxygen atoms in total. The van der Waals surface area contributed by atoms with Crippen molar-refractivity contribution in [3.63, 3.8) is 0 Å².